The number of carbonyl (C=O) groups is 2. The number of hydrogen-bond donors (Lipinski definition) is 2. The highest BCUT2D eigenvalue weighted by Gasteiger charge is 2.20. The van der Waals surface area contributed by atoms with Crippen molar-refractivity contribution in [2.75, 3.05) is 19.8 Å². The summed E-state index contributed by atoms with van der Waals surface area (Å²) in [6.07, 6.45) is 0. The minimum absolute atomic E-state index is 0.134. The Kier molecular flexibility index (Phi) is 6.03. The minimum atomic E-state index is -1.07. The van der Waals surface area contributed by atoms with Crippen molar-refractivity contribution in [2.24, 2.45) is 11.3 Å². The fourth-order valence-electron chi connectivity index (χ4n) is 0.855. The molecule has 1 atom stereocenters. The van der Waals surface area contributed by atoms with E-state index in [2.05, 4.69) is 37.7 Å². The zero-order chi connectivity index (χ0) is 12.8. The van der Waals surface area contributed by atoms with E-state index in [0.29, 0.717) is 12.5 Å². The Bertz CT molecular complexity index is 245. The van der Waals surface area contributed by atoms with Gasteiger partial charge in [0.25, 0.3) is 0 Å². The Morgan fingerprint density at radius 1 is 1.31 bits per heavy atom. The first-order valence-electron chi connectivity index (χ1n) is 5.29. The first-order chi connectivity index (χ1) is 7.23. The Hall–Kier alpha value is -1.10. The molecule has 0 saturated heterocycles. The Labute approximate surface area is 96.2 Å². The summed E-state index contributed by atoms with van der Waals surface area (Å²) in [4.78, 5) is 21.3. The molecule has 0 rings (SSSR count). The molecule has 0 saturated carbocycles. The molecule has 0 heterocycles. The lowest BCUT2D eigenvalue weighted by atomic mass is 9.82. The molecule has 0 aliphatic heterocycles. The molecule has 0 spiro atoms. The standard InChI is InChI=1S/C11H21NO4/c1-8(11(2,3)4)5-12-9(13)6-16-7-10(14)15/h8H,5-7H2,1-4H3,(H,12,13)(H,14,15). The number of carbonyl (C=O) groups excluding carboxylic acids is 1. The smallest absolute Gasteiger partial charge is 0.329 e. The third-order valence-electron chi connectivity index (χ3n) is 2.54. The van der Waals surface area contributed by atoms with Gasteiger partial charge in [-0.3, -0.25) is 4.79 Å². The van der Waals surface area contributed by atoms with Gasteiger partial charge in [0.15, 0.2) is 0 Å². The summed E-state index contributed by atoms with van der Waals surface area (Å²) in [7, 11) is 0. The van der Waals surface area contributed by atoms with Gasteiger partial charge in [-0.1, -0.05) is 27.7 Å². The molecule has 16 heavy (non-hydrogen) atoms. The fourth-order valence-corrected chi connectivity index (χ4v) is 0.855. The van der Waals surface area contributed by atoms with Gasteiger partial charge in [-0.05, 0) is 11.3 Å². The van der Waals surface area contributed by atoms with Gasteiger partial charge in [-0.2, -0.15) is 0 Å². The molecular weight excluding hydrogens is 210 g/mol. The van der Waals surface area contributed by atoms with Crippen molar-refractivity contribution < 1.29 is 19.4 Å². The van der Waals surface area contributed by atoms with Crippen LogP contribution in [0.5, 0.6) is 0 Å². The predicted octanol–water partition coefficient (Wildman–Crippen LogP) is 0.886. The van der Waals surface area contributed by atoms with Crippen LogP contribution in [0.2, 0.25) is 0 Å². The lowest BCUT2D eigenvalue weighted by Crippen LogP contribution is -2.35. The van der Waals surface area contributed by atoms with Crippen molar-refractivity contribution in [1.82, 2.24) is 5.32 Å². The average Bonchev–Trinajstić information content (AvgIpc) is 2.11. The fraction of sp³-hybridized carbons (Fsp3) is 0.818. The summed E-state index contributed by atoms with van der Waals surface area (Å²) in [5, 5.41) is 11.0. The maximum absolute atomic E-state index is 11.2. The lowest BCUT2D eigenvalue weighted by molar-refractivity contribution is -0.143. The molecule has 5 nitrogen and oxygen atoms in total. The third kappa shape index (κ3) is 7.23. The SMILES string of the molecule is CC(CNC(=O)COCC(=O)O)C(C)(C)C. The van der Waals surface area contributed by atoms with Crippen LogP contribution in [-0.4, -0.2) is 36.7 Å². The molecule has 0 radical (unpaired) electrons. The van der Waals surface area contributed by atoms with Gasteiger partial charge < -0.3 is 15.2 Å². The normalized spacial score (nSPS) is 13.2. The average molecular weight is 231 g/mol. The predicted molar refractivity (Wildman–Crippen MR) is 60.1 cm³/mol. The number of amides is 1. The number of rotatable bonds is 6. The first-order valence-corrected chi connectivity index (χ1v) is 5.29. The van der Waals surface area contributed by atoms with Crippen LogP contribution >= 0.6 is 0 Å². The maximum Gasteiger partial charge on any atom is 0.329 e. The molecule has 0 aliphatic carbocycles. The molecule has 0 aromatic carbocycles. The van der Waals surface area contributed by atoms with Gasteiger partial charge in [0.05, 0.1) is 0 Å². The number of carboxylic acids is 1. The molecule has 2 N–H and O–H groups in total. The van der Waals surface area contributed by atoms with Gasteiger partial charge in [-0.15, -0.1) is 0 Å². The van der Waals surface area contributed by atoms with Crippen molar-refractivity contribution in [3.05, 3.63) is 0 Å². The van der Waals surface area contributed by atoms with Gasteiger partial charge in [0, 0.05) is 6.54 Å². The highest BCUT2D eigenvalue weighted by atomic mass is 16.5. The number of nitrogens with one attached hydrogen (secondary N) is 1. The van der Waals surface area contributed by atoms with E-state index in [1.807, 2.05) is 0 Å². The van der Waals surface area contributed by atoms with Crippen LogP contribution in [0.3, 0.4) is 0 Å². The van der Waals surface area contributed by atoms with E-state index in [1.165, 1.54) is 0 Å². The molecule has 94 valence electrons. The quantitative estimate of drug-likeness (QED) is 0.711. The number of carboxylic acid groups (broad SMARTS) is 1. The summed E-state index contributed by atoms with van der Waals surface area (Å²) < 4.78 is 4.66. The molecule has 0 aliphatic rings. The van der Waals surface area contributed by atoms with E-state index >= 15 is 0 Å². The van der Waals surface area contributed by atoms with Crippen LogP contribution < -0.4 is 5.32 Å². The summed E-state index contributed by atoms with van der Waals surface area (Å²) in [6, 6.07) is 0. The first kappa shape index (κ1) is 14.9. The van der Waals surface area contributed by atoms with E-state index in [-0.39, 0.29) is 17.9 Å². The third-order valence-corrected chi connectivity index (χ3v) is 2.54. The second-order valence-corrected chi connectivity index (χ2v) is 4.96. The summed E-state index contributed by atoms with van der Waals surface area (Å²) in [6.45, 7) is 8.28. The van der Waals surface area contributed by atoms with E-state index in [0.717, 1.165) is 0 Å². The van der Waals surface area contributed by atoms with Gasteiger partial charge >= 0.3 is 5.97 Å². The zero-order valence-corrected chi connectivity index (χ0v) is 10.4. The number of aliphatic carboxylic acids is 1. The van der Waals surface area contributed by atoms with Crippen LogP contribution in [0, 0.1) is 11.3 Å². The van der Waals surface area contributed by atoms with Gasteiger partial charge in [0.1, 0.15) is 13.2 Å². The number of hydrogen-bond acceptors (Lipinski definition) is 3. The van der Waals surface area contributed by atoms with Crippen LogP contribution in [0.1, 0.15) is 27.7 Å². The van der Waals surface area contributed by atoms with Crippen molar-refractivity contribution in [2.45, 2.75) is 27.7 Å². The highest BCUT2D eigenvalue weighted by Crippen LogP contribution is 2.24. The molecule has 0 aromatic rings. The molecule has 1 amide bonds. The van der Waals surface area contributed by atoms with Crippen molar-refractivity contribution in [3.8, 4) is 0 Å². The monoisotopic (exact) mass is 231 g/mol. The van der Waals surface area contributed by atoms with Gasteiger partial charge in [0.2, 0.25) is 5.91 Å². The van der Waals surface area contributed by atoms with E-state index in [4.69, 9.17) is 5.11 Å². The van der Waals surface area contributed by atoms with Gasteiger partial charge in [-0.25, -0.2) is 4.79 Å². The van der Waals surface area contributed by atoms with Crippen LogP contribution in [-0.2, 0) is 14.3 Å². The molecular formula is C11H21NO4. The summed E-state index contributed by atoms with van der Waals surface area (Å²) in [5.74, 6) is -1.01. The van der Waals surface area contributed by atoms with Crippen molar-refractivity contribution in [1.29, 1.82) is 0 Å². The molecule has 0 fully saturated rings. The second kappa shape index (κ2) is 6.48. The zero-order valence-electron chi connectivity index (χ0n) is 10.4. The number of ether oxygens (including phenoxy) is 1. The topological polar surface area (TPSA) is 75.6 Å². The Morgan fingerprint density at radius 3 is 2.31 bits per heavy atom. The van der Waals surface area contributed by atoms with E-state index in [1.54, 1.807) is 0 Å². The lowest BCUT2D eigenvalue weighted by Gasteiger charge is -2.27. The largest absolute Gasteiger partial charge is 0.480 e. The van der Waals surface area contributed by atoms with E-state index < -0.39 is 12.6 Å². The summed E-state index contributed by atoms with van der Waals surface area (Å²) >= 11 is 0. The summed E-state index contributed by atoms with van der Waals surface area (Å²) in [5.41, 5.74) is 0.134. The molecule has 1 unspecified atom stereocenters. The minimum Gasteiger partial charge on any atom is -0.480 e. The van der Waals surface area contributed by atoms with Crippen molar-refractivity contribution in [3.63, 3.8) is 0 Å². The van der Waals surface area contributed by atoms with Crippen LogP contribution in [0.4, 0.5) is 0 Å². The molecule has 0 bridgehead atoms. The highest BCUT2D eigenvalue weighted by molar-refractivity contribution is 5.77. The van der Waals surface area contributed by atoms with E-state index in [9.17, 15) is 9.59 Å². The van der Waals surface area contributed by atoms with Crippen molar-refractivity contribution >= 4 is 11.9 Å². The second-order valence-electron chi connectivity index (χ2n) is 4.96. The van der Waals surface area contributed by atoms with Crippen LogP contribution in [0.15, 0.2) is 0 Å². The Morgan fingerprint density at radius 2 is 1.88 bits per heavy atom. The Balaban J connectivity index is 3.70. The maximum atomic E-state index is 11.2. The molecule has 5 heteroatoms. The van der Waals surface area contributed by atoms with Crippen LogP contribution in [0.25, 0.3) is 0 Å². The molecule has 0 aromatic heterocycles.